The number of ether oxygens (including phenoxy) is 1. The third-order valence-electron chi connectivity index (χ3n) is 6.02. The molecule has 0 fully saturated rings. The van der Waals surface area contributed by atoms with E-state index < -0.39 is 0 Å². The second-order valence-electron chi connectivity index (χ2n) is 8.70. The number of aliphatic hydroxyl groups excluding tert-OH is 1. The van der Waals surface area contributed by atoms with Gasteiger partial charge in [-0.05, 0) is 42.8 Å². The first kappa shape index (κ1) is 26.2. The molecule has 2 aromatic carbocycles. The van der Waals surface area contributed by atoms with Crippen LogP contribution in [0.5, 0.6) is 5.75 Å². The molecule has 0 saturated carbocycles. The van der Waals surface area contributed by atoms with Crippen molar-refractivity contribution in [1.82, 2.24) is 19.9 Å². The maximum absolute atomic E-state index is 12.0. The molecule has 4 N–H and O–H groups in total. The van der Waals surface area contributed by atoms with Gasteiger partial charge in [-0.25, -0.2) is 15.0 Å². The van der Waals surface area contributed by atoms with Gasteiger partial charge in [0, 0.05) is 48.2 Å². The standard InChI is InChI=1S/C28H27ClN6O4/c1-38-22-7-6-19(31-25(37)8-11-29)16-21(22)33-28-30-12-9-20(32-28)27-26(34-24(35-27)3-2-13-36)18-5-4-17-10-14-39-23(17)15-18/h4-7,9-10,12,14-16,36H,2-3,8,11,13H2,1H3,(H,31,37)(H,34,35)(H,30,32,33). The number of carbonyl (C=O) groups is 1. The average Bonchev–Trinajstić information content (AvgIpc) is 3.59. The summed E-state index contributed by atoms with van der Waals surface area (Å²) in [5.74, 6) is 1.67. The fraction of sp³-hybridized carbons (Fsp3) is 0.214. The number of hydrogen-bond donors (Lipinski definition) is 4. The molecule has 0 bridgehead atoms. The number of nitrogens with one attached hydrogen (secondary N) is 3. The molecule has 0 spiro atoms. The fourth-order valence-corrected chi connectivity index (χ4v) is 4.33. The first-order valence-electron chi connectivity index (χ1n) is 12.4. The van der Waals surface area contributed by atoms with Crippen LogP contribution in [0.3, 0.4) is 0 Å². The summed E-state index contributed by atoms with van der Waals surface area (Å²) in [7, 11) is 1.56. The number of carbonyl (C=O) groups excluding carboxylic acids is 1. The molecule has 3 heterocycles. The van der Waals surface area contributed by atoms with Crippen molar-refractivity contribution in [2.24, 2.45) is 0 Å². The van der Waals surface area contributed by atoms with E-state index in [-0.39, 0.29) is 24.8 Å². The quantitative estimate of drug-likeness (QED) is 0.159. The number of anilines is 3. The van der Waals surface area contributed by atoms with E-state index in [2.05, 4.69) is 20.6 Å². The largest absolute Gasteiger partial charge is 0.495 e. The van der Waals surface area contributed by atoms with Gasteiger partial charge in [0.05, 0.1) is 36.1 Å². The highest BCUT2D eigenvalue weighted by molar-refractivity contribution is 6.19. The van der Waals surface area contributed by atoms with Gasteiger partial charge in [-0.2, -0.15) is 0 Å². The van der Waals surface area contributed by atoms with Crippen LogP contribution in [0.4, 0.5) is 17.3 Å². The van der Waals surface area contributed by atoms with Gasteiger partial charge < -0.3 is 29.9 Å². The van der Waals surface area contributed by atoms with Crippen molar-refractivity contribution in [2.45, 2.75) is 19.3 Å². The molecule has 10 nitrogen and oxygen atoms in total. The van der Waals surface area contributed by atoms with Crippen LogP contribution in [-0.2, 0) is 11.2 Å². The van der Waals surface area contributed by atoms with E-state index in [1.807, 2.05) is 24.3 Å². The maximum atomic E-state index is 12.0. The zero-order chi connectivity index (χ0) is 27.2. The van der Waals surface area contributed by atoms with E-state index in [0.29, 0.717) is 53.0 Å². The average molecular weight is 547 g/mol. The number of aromatic amines is 1. The van der Waals surface area contributed by atoms with Crippen molar-refractivity contribution in [3.8, 4) is 28.4 Å². The number of fused-ring (bicyclic) bond motifs is 1. The summed E-state index contributed by atoms with van der Waals surface area (Å²) in [6.45, 7) is 0.0680. The molecular weight excluding hydrogens is 520 g/mol. The fourth-order valence-electron chi connectivity index (χ4n) is 4.15. The van der Waals surface area contributed by atoms with E-state index in [9.17, 15) is 9.90 Å². The number of H-pyrrole nitrogens is 1. The SMILES string of the molecule is COc1ccc(NC(=O)CCCl)cc1Nc1nccc(-c2[nH]c(CCCO)nc2-c2ccc3ccoc3c2)n1. The van der Waals surface area contributed by atoms with E-state index in [1.54, 1.807) is 43.8 Å². The number of halogens is 1. The number of hydrogen-bond acceptors (Lipinski definition) is 8. The lowest BCUT2D eigenvalue weighted by Crippen LogP contribution is -2.12. The van der Waals surface area contributed by atoms with Crippen molar-refractivity contribution in [2.75, 3.05) is 30.2 Å². The third kappa shape index (κ3) is 6.02. The number of rotatable bonds is 11. The minimum absolute atomic E-state index is 0.0680. The number of aliphatic hydroxyl groups is 1. The van der Waals surface area contributed by atoms with Crippen molar-refractivity contribution >= 4 is 45.8 Å². The number of benzene rings is 2. The monoisotopic (exact) mass is 546 g/mol. The highest BCUT2D eigenvalue weighted by Gasteiger charge is 2.17. The van der Waals surface area contributed by atoms with Crippen LogP contribution >= 0.6 is 11.6 Å². The molecule has 0 aliphatic carbocycles. The molecule has 0 aliphatic heterocycles. The summed E-state index contributed by atoms with van der Waals surface area (Å²) in [4.78, 5) is 29.3. The molecule has 5 rings (SSSR count). The number of nitrogens with zero attached hydrogens (tertiary/aromatic N) is 3. The molecule has 5 aromatic rings. The van der Waals surface area contributed by atoms with Crippen molar-refractivity contribution in [3.63, 3.8) is 0 Å². The number of imidazole rings is 1. The maximum Gasteiger partial charge on any atom is 0.227 e. The summed E-state index contributed by atoms with van der Waals surface area (Å²) in [6.07, 6.45) is 4.68. The predicted molar refractivity (Wildman–Crippen MR) is 150 cm³/mol. The zero-order valence-corrected chi connectivity index (χ0v) is 22.0. The van der Waals surface area contributed by atoms with Gasteiger partial charge in [-0.1, -0.05) is 12.1 Å². The van der Waals surface area contributed by atoms with Gasteiger partial charge in [0.2, 0.25) is 11.9 Å². The number of methoxy groups -OCH3 is 1. The summed E-state index contributed by atoms with van der Waals surface area (Å²) >= 11 is 5.68. The van der Waals surface area contributed by atoms with Gasteiger partial charge in [0.15, 0.2) is 0 Å². The van der Waals surface area contributed by atoms with Gasteiger partial charge in [-0.15, -0.1) is 11.6 Å². The van der Waals surface area contributed by atoms with Crippen LogP contribution in [0.2, 0.25) is 0 Å². The van der Waals surface area contributed by atoms with Crippen LogP contribution in [0.1, 0.15) is 18.7 Å². The lowest BCUT2D eigenvalue weighted by atomic mass is 10.1. The van der Waals surface area contributed by atoms with E-state index in [1.165, 1.54) is 0 Å². The van der Waals surface area contributed by atoms with Crippen LogP contribution in [0.25, 0.3) is 33.6 Å². The predicted octanol–water partition coefficient (Wildman–Crippen LogP) is 5.52. The summed E-state index contributed by atoms with van der Waals surface area (Å²) in [5, 5.41) is 16.3. The number of aryl methyl sites for hydroxylation is 1. The van der Waals surface area contributed by atoms with Crippen molar-refractivity contribution in [1.29, 1.82) is 0 Å². The van der Waals surface area contributed by atoms with Gasteiger partial charge in [0.1, 0.15) is 17.2 Å². The lowest BCUT2D eigenvalue weighted by molar-refractivity contribution is -0.115. The molecule has 0 atom stereocenters. The van der Waals surface area contributed by atoms with Crippen LogP contribution < -0.4 is 15.4 Å². The molecule has 0 unspecified atom stereocenters. The minimum atomic E-state index is -0.184. The van der Waals surface area contributed by atoms with E-state index in [0.717, 1.165) is 22.4 Å². The second-order valence-corrected chi connectivity index (χ2v) is 9.08. The number of furan rings is 1. The Bertz CT molecular complexity index is 1600. The Morgan fingerprint density at radius 1 is 1.15 bits per heavy atom. The number of aromatic nitrogens is 4. The Morgan fingerprint density at radius 2 is 2.05 bits per heavy atom. The topological polar surface area (TPSA) is 138 Å². The molecule has 0 aliphatic rings. The normalized spacial score (nSPS) is 11.1. The van der Waals surface area contributed by atoms with Crippen molar-refractivity contribution < 1.29 is 19.1 Å². The van der Waals surface area contributed by atoms with Gasteiger partial charge >= 0.3 is 0 Å². The molecular formula is C28H27ClN6O4. The lowest BCUT2D eigenvalue weighted by Gasteiger charge is -2.13. The Kier molecular flexibility index (Phi) is 8.04. The van der Waals surface area contributed by atoms with Crippen molar-refractivity contribution in [3.05, 3.63) is 66.8 Å². The first-order chi connectivity index (χ1) is 19.1. The molecule has 1 amide bonds. The molecule has 200 valence electrons. The molecule has 39 heavy (non-hydrogen) atoms. The van der Waals surface area contributed by atoms with Gasteiger partial charge in [0.25, 0.3) is 0 Å². The summed E-state index contributed by atoms with van der Waals surface area (Å²) in [6, 6.07) is 14.9. The Balaban J connectivity index is 1.49. The summed E-state index contributed by atoms with van der Waals surface area (Å²) in [5.41, 5.74) is 4.84. The van der Waals surface area contributed by atoms with Crippen LogP contribution in [0.15, 0.2) is 65.4 Å². The van der Waals surface area contributed by atoms with E-state index in [4.69, 9.17) is 30.7 Å². The molecule has 0 radical (unpaired) electrons. The zero-order valence-electron chi connectivity index (χ0n) is 21.2. The van der Waals surface area contributed by atoms with Crippen LogP contribution in [-0.4, -0.2) is 50.5 Å². The number of alkyl halides is 1. The molecule has 0 saturated heterocycles. The molecule has 11 heteroatoms. The Morgan fingerprint density at radius 3 is 2.87 bits per heavy atom. The highest BCUT2D eigenvalue weighted by atomic mass is 35.5. The minimum Gasteiger partial charge on any atom is -0.495 e. The second kappa shape index (κ2) is 12.0. The number of amides is 1. The molecule has 3 aromatic heterocycles. The van der Waals surface area contributed by atoms with Gasteiger partial charge in [-0.3, -0.25) is 4.79 Å². The van der Waals surface area contributed by atoms with Crippen LogP contribution in [0, 0.1) is 0 Å². The Labute approximate surface area is 229 Å². The first-order valence-corrected chi connectivity index (χ1v) is 12.9. The smallest absolute Gasteiger partial charge is 0.227 e. The van der Waals surface area contributed by atoms with E-state index >= 15 is 0 Å². The summed E-state index contributed by atoms with van der Waals surface area (Å²) < 4.78 is 11.1. The Hall–Kier alpha value is -4.41. The third-order valence-corrected chi connectivity index (χ3v) is 6.21. The highest BCUT2D eigenvalue weighted by Crippen LogP contribution is 2.33.